The first-order valence-corrected chi connectivity index (χ1v) is 8.60. The minimum atomic E-state index is -0.0231. The Labute approximate surface area is 137 Å². The van der Waals surface area contributed by atoms with E-state index >= 15 is 0 Å². The van der Waals surface area contributed by atoms with E-state index in [9.17, 15) is 9.59 Å². The molecular weight excluding hydrogens is 312 g/mol. The molecule has 2 nitrogen and oxygen atoms in total. The number of fused-ring (bicyclic) bond motifs is 2. The maximum absolute atomic E-state index is 12.7. The third-order valence-corrected chi connectivity index (χ3v) is 6.75. The zero-order valence-corrected chi connectivity index (χ0v) is 13.7. The molecule has 0 aliphatic carbocycles. The van der Waals surface area contributed by atoms with Crippen LogP contribution in [0.1, 0.15) is 31.8 Å². The Bertz CT molecular complexity index is 820. The molecular formula is C18H12O2S2. The number of Topliss-reactive ketones (excluding diaryl/α,β-unsaturated/α-hetero) is 2. The first kappa shape index (κ1) is 13.9. The number of carbonyl (C=O) groups excluding carboxylic acids is 2. The van der Waals surface area contributed by atoms with E-state index in [0.717, 1.165) is 20.9 Å². The Balaban J connectivity index is 1.86. The second kappa shape index (κ2) is 4.86. The van der Waals surface area contributed by atoms with Crippen molar-refractivity contribution in [1.82, 2.24) is 0 Å². The summed E-state index contributed by atoms with van der Waals surface area (Å²) in [4.78, 5) is 28.5. The average Bonchev–Trinajstić information content (AvgIpc) is 3.01. The van der Waals surface area contributed by atoms with Crippen molar-refractivity contribution < 1.29 is 9.59 Å². The van der Waals surface area contributed by atoms with Crippen LogP contribution in [0.4, 0.5) is 0 Å². The summed E-state index contributed by atoms with van der Waals surface area (Å²) < 4.78 is 0. The molecule has 22 heavy (non-hydrogen) atoms. The van der Waals surface area contributed by atoms with Crippen LogP contribution in [0.5, 0.6) is 0 Å². The Morgan fingerprint density at radius 1 is 0.682 bits per heavy atom. The van der Waals surface area contributed by atoms with Gasteiger partial charge in [0, 0.05) is 20.9 Å². The van der Waals surface area contributed by atoms with Gasteiger partial charge in [0.05, 0.1) is 9.81 Å². The molecule has 0 atom stereocenters. The highest BCUT2D eigenvalue weighted by atomic mass is 32.2. The first-order valence-electron chi connectivity index (χ1n) is 6.96. The monoisotopic (exact) mass is 324 g/mol. The van der Waals surface area contributed by atoms with Crippen LogP contribution < -0.4 is 0 Å². The predicted molar refractivity (Wildman–Crippen MR) is 89.8 cm³/mol. The van der Waals surface area contributed by atoms with Gasteiger partial charge in [0.1, 0.15) is 0 Å². The third-order valence-electron chi connectivity index (χ3n) is 3.94. The fourth-order valence-electron chi connectivity index (χ4n) is 2.77. The highest BCUT2D eigenvalue weighted by Crippen LogP contribution is 2.51. The van der Waals surface area contributed by atoms with Crippen LogP contribution >= 0.6 is 23.5 Å². The van der Waals surface area contributed by atoms with Crippen LogP contribution in [-0.2, 0) is 0 Å². The highest BCUT2D eigenvalue weighted by Gasteiger charge is 2.36. The lowest BCUT2D eigenvalue weighted by atomic mass is 10.0. The van der Waals surface area contributed by atoms with Gasteiger partial charge in [0.25, 0.3) is 0 Å². The zero-order chi connectivity index (χ0) is 15.4. The molecule has 2 aliphatic heterocycles. The molecule has 0 saturated carbocycles. The Morgan fingerprint density at radius 3 is 1.45 bits per heavy atom. The van der Waals surface area contributed by atoms with E-state index in [0.29, 0.717) is 20.9 Å². The van der Waals surface area contributed by atoms with Crippen molar-refractivity contribution in [3.63, 3.8) is 0 Å². The molecule has 0 amide bonds. The Morgan fingerprint density at radius 2 is 1.09 bits per heavy atom. The van der Waals surface area contributed by atoms with Crippen molar-refractivity contribution in [2.45, 2.75) is 23.6 Å². The van der Waals surface area contributed by atoms with Crippen molar-refractivity contribution in [3.8, 4) is 0 Å². The second-order valence-electron chi connectivity index (χ2n) is 5.42. The molecule has 4 rings (SSSR count). The molecule has 0 saturated heterocycles. The Hall–Kier alpha value is -1.78. The van der Waals surface area contributed by atoms with Gasteiger partial charge in [-0.15, -0.1) is 0 Å². The number of aryl methyl sites for hydroxylation is 2. The van der Waals surface area contributed by atoms with Gasteiger partial charge in [-0.1, -0.05) is 47.8 Å². The van der Waals surface area contributed by atoms with Crippen LogP contribution in [-0.4, -0.2) is 11.6 Å². The smallest absolute Gasteiger partial charge is 0.202 e. The second-order valence-corrected chi connectivity index (χ2v) is 7.47. The third kappa shape index (κ3) is 1.84. The van der Waals surface area contributed by atoms with E-state index in [2.05, 4.69) is 0 Å². The standard InChI is InChI=1S/C18H12O2S2/c1-9-5-3-7-11-13(19)17(21-15(9)11)18-14(20)12-8-4-6-10(2)16(12)22-18/h3-8H,1-2H3/b18-17+. The Kier molecular flexibility index (Phi) is 3.06. The summed E-state index contributed by atoms with van der Waals surface area (Å²) in [5.74, 6) is -0.0463. The lowest BCUT2D eigenvalue weighted by molar-refractivity contribution is 0.101. The maximum atomic E-state index is 12.7. The summed E-state index contributed by atoms with van der Waals surface area (Å²) in [6.07, 6.45) is 0. The van der Waals surface area contributed by atoms with Crippen LogP contribution in [0.2, 0.25) is 0 Å². The van der Waals surface area contributed by atoms with Crippen LogP contribution in [0, 0.1) is 13.8 Å². The number of carbonyl (C=O) groups is 2. The van der Waals surface area contributed by atoms with Crippen molar-refractivity contribution in [3.05, 3.63) is 68.5 Å². The molecule has 2 aliphatic rings. The summed E-state index contributed by atoms with van der Waals surface area (Å²) in [7, 11) is 0. The average molecular weight is 324 g/mol. The SMILES string of the molecule is Cc1cccc2c1S/C(=C1/Sc3c(C)cccc3C1=O)C2=O. The molecule has 4 heteroatoms. The summed E-state index contributed by atoms with van der Waals surface area (Å²) in [6, 6.07) is 11.5. The largest absolute Gasteiger partial charge is 0.288 e. The quantitative estimate of drug-likeness (QED) is 0.652. The van der Waals surface area contributed by atoms with Gasteiger partial charge in [0.15, 0.2) is 0 Å². The van der Waals surface area contributed by atoms with E-state index in [1.165, 1.54) is 23.5 Å². The summed E-state index contributed by atoms with van der Waals surface area (Å²) in [5, 5.41) is 0. The van der Waals surface area contributed by atoms with E-state index in [1.54, 1.807) is 0 Å². The maximum Gasteiger partial charge on any atom is 0.202 e. The summed E-state index contributed by atoms with van der Waals surface area (Å²) in [5.41, 5.74) is 3.59. The normalized spacial score (nSPS) is 19.5. The number of thioether (sulfide) groups is 2. The minimum Gasteiger partial charge on any atom is -0.288 e. The summed E-state index contributed by atoms with van der Waals surface area (Å²) >= 11 is 2.87. The van der Waals surface area contributed by atoms with Gasteiger partial charge < -0.3 is 0 Å². The van der Waals surface area contributed by atoms with Crippen molar-refractivity contribution in [2.75, 3.05) is 0 Å². The van der Waals surface area contributed by atoms with Crippen molar-refractivity contribution >= 4 is 35.1 Å². The van der Waals surface area contributed by atoms with Crippen molar-refractivity contribution in [1.29, 1.82) is 0 Å². The van der Waals surface area contributed by atoms with Gasteiger partial charge in [0.2, 0.25) is 11.6 Å². The molecule has 0 radical (unpaired) electrons. The van der Waals surface area contributed by atoms with Crippen molar-refractivity contribution in [2.24, 2.45) is 0 Å². The first-order chi connectivity index (χ1) is 10.6. The number of rotatable bonds is 0. The lowest BCUT2D eigenvalue weighted by Crippen LogP contribution is -2.01. The number of benzene rings is 2. The number of ketones is 2. The van der Waals surface area contributed by atoms with E-state index < -0.39 is 0 Å². The molecule has 0 aromatic heterocycles. The molecule has 2 aromatic rings. The number of allylic oxidation sites excluding steroid dienone is 2. The van der Waals surface area contributed by atoms with Gasteiger partial charge in [-0.25, -0.2) is 0 Å². The van der Waals surface area contributed by atoms with E-state index in [1.807, 2.05) is 50.2 Å². The number of hydrogen-bond acceptors (Lipinski definition) is 4. The minimum absolute atomic E-state index is 0.0231. The van der Waals surface area contributed by atoms with Gasteiger partial charge in [-0.3, -0.25) is 9.59 Å². The van der Waals surface area contributed by atoms with Gasteiger partial charge in [-0.2, -0.15) is 0 Å². The molecule has 2 aromatic carbocycles. The topological polar surface area (TPSA) is 34.1 Å². The lowest BCUT2D eigenvalue weighted by Gasteiger charge is -2.00. The molecule has 0 bridgehead atoms. The highest BCUT2D eigenvalue weighted by molar-refractivity contribution is 8.08. The molecule has 108 valence electrons. The molecule has 2 heterocycles. The van der Waals surface area contributed by atoms with Gasteiger partial charge >= 0.3 is 0 Å². The fraction of sp³-hybridized carbons (Fsp3) is 0.111. The van der Waals surface area contributed by atoms with Gasteiger partial charge in [-0.05, 0) is 37.1 Å². The zero-order valence-electron chi connectivity index (χ0n) is 12.1. The molecule has 0 N–H and O–H groups in total. The summed E-state index contributed by atoms with van der Waals surface area (Å²) in [6.45, 7) is 3.99. The molecule has 0 fully saturated rings. The van der Waals surface area contributed by atoms with Crippen LogP contribution in [0.15, 0.2) is 56.0 Å². The van der Waals surface area contributed by atoms with Crippen LogP contribution in [0.3, 0.4) is 0 Å². The molecule has 0 spiro atoms. The van der Waals surface area contributed by atoms with Crippen LogP contribution in [0.25, 0.3) is 0 Å². The molecule has 0 unspecified atom stereocenters. The van der Waals surface area contributed by atoms with E-state index in [4.69, 9.17) is 0 Å². The number of hydrogen-bond donors (Lipinski definition) is 0. The van der Waals surface area contributed by atoms with E-state index in [-0.39, 0.29) is 11.6 Å². The fourth-order valence-corrected chi connectivity index (χ4v) is 5.21. The predicted octanol–water partition coefficient (Wildman–Crippen LogP) is 4.79.